The van der Waals surface area contributed by atoms with Crippen LogP contribution in [-0.4, -0.2) is 22.4 Å². The quantitative estimate of drug-likeness (QED) is 0.875. The van der Waals surface area contributed by atoms with Crippen LogP contribution in [0.1, 0.15) is 39.1 Å². The van der Waals surface area contributed by atoms with Crippen LogP contribution in [0.4, 0.5) is 0 Å². The van der Waals surface area contributed by atoms with E-state index < -0.39 is 0 Å². The number of halogens is 1. The van der Waals surface area contributed by atoms with E-state index in [4.69, 9.17) is 0 Å². The standard InChI is InChI=1S/C13H24BrN3/c1-6-10-13(14)12(17(5)16-10)8-11(9(3)4)15-7-2/h9,11,15H,6-8H2,1-5H3. The second-order valence-corrected chi connectivity index (χ2v) is 5.59. The second kappa shape index (κ2) is 6.55. The molecule has 1 aromatic heterocycles. The number of aryl methyl sites for hydroxylation is 2. The Kier molecular flexibility index (Phi) is 5.67. The fraction of sp³-hybridized carbons (Fsp3) is 0.769. The van der Waals surface area contributed by atoms with Gasteiger partial charge < -0.3 is 5.32 Å². The molecule has 17 heavy (non-hydrogen) atoms. The van der Waals surface area contributed by atoms with Gasteiger partial charge in [-0.15, -0.1) is 0 Å². The van der Waals surface area contributed by atoms with Gasteiger partial charge in [-0.05, 0) is 34.8 Å². The van der Waals surface area contributed by atoms with Crippen molar-refractivity contribution in [1.82, 2.24) is 15.1 Å². The Morgan fingerprint density at radius 1 is 1.35 bits per heavy atom. The van der Waals surface area contributed by atoms with Gasteiger partial charge in [0.1, 0.15) is 0 Å². The van der Waals surface area contributed by atoms with Gasteiger partial charge in [0, 0.05) is 19.5 Å². The summed E-state index contributed by atoms with van der Waals surface area (Å²) in [5.41, 5.74) is 2.45. The molecule has 0 aromatic carbocycles. The molecule has 98 valence electrons. The Morgan fingerprint density at radius 2 is 2.00 bits per heavy atom. The molecular formula is C13H24BrN3. The highest BCUT2D eigenvalue weighted by atomic mass is 79.9. The van der Waals surface area contributed by atoms with Crippen LogP contribution in [0.25, 0.3) is 0 Å². The first-order valence-corrected chi connectivity index (χ1v) is 7.24. The van der Waals surface area contributed by atoms with Crippen molar-refractivity contribution in [3.8, 4) is 0 Å². The highest BCUT2D eigenvalue weighted by molar-refractivity contribution is 9.10. The molecule has 1 unspecified atom stereocenters. The van der Waals surface area contributed by atoms with Crippen LogP contribution in [0.2, 0.25) is 0 Å². The number of nitrogens with one attached hydrogen (secondary N) is 1. The van der Waals surface area contributed by atoms with E-state index >= 15 is 0 Å². The van der Waals surface area contributed by atoms with Gasteiger partial charge in [0.2, 0.25) is 0 Å². The minimum Gasteiger partial charge on any atom is -0.314 e. The minimum absolute atomic E-state index is 0.511. The Bertz CT molecular complexity index is 358. The van der Waals surface area contributed by atoms with Crippen LogP contribution >= 0.6 is 15.9 Å². The van der Waals surface area contributed by atoms with Crippen LogP contribution in [0.5, 0.6) is 0 Å². The number of rotatable bonds is 6. The van der Waals surface area contributed by atoms with Gasteiger partial charge in [-0.25, -0.2) is 0 Å². The molecule has 1 rings (SSSR count). The molecule has 0 radical (unpaired) electrons. The molecule has 0 aliphatic rings. The Labute approximate surface area is 113 Å². The lowest BCUT2D eigenvalue weighted by atomic mass is 9.99. The van der Waals surface area contributed by atoms with E-state index in [2.05, 4.69) is 54.0 Å². The summed E-state index contributed by atoms with van der Waals surface area (Å²) in [7, 11) is 2.03. The summed E-state index contributed by atoms with van der Waals surface area (Å²) >= 11 is 3.68. The maximum atomic E-state index is 4.54. The summed E-state index contributed by atoms with van der Waals surface area (Å²) in [5, 5.41) is 8.09. The zero-order chi connectivity index (χ0) is 13.0. The first-order valence-electron chi connectivity index (χ1n) is 6.44. The van der Waals surface area contributed by atoms with Crippen LogP contribution in [0, 0.1) is 5.92 Å². The lowest BCUT2D eigenvalue weighted by Crippen LogP contribution is -2.36. The van der Waals surface area contributed by atoms with Crippen molar-refractivity contribution in [2.75, 3.05) is 6.54 Å². The van der Waals surface area contributed by atoms with Crippen molar-refractivity contribution in [1.29, 1.82) is 0 Å². The summed E-state index contributed by atoms with van der Waals surface area (Å²) in [4.78, 5) is 0. The lowest BCUT2D eigenvalue weighted by molar-refractivity contribution is 0.397. The van der Waals surface area contributed by atoms with Gasteiger partial charge in [0.15, 0.2) is 0 Å². The van der Waals surface area contributed by atoms with Gasteiger partial charge in [0.05, 0.1) is 15.9 Å². The van der Waals surface area contributed by atoms with Crippen molar-refractivity contribution < 1.29 is 0 Å². The first kappa shape index (κ1) is 14.7. The minimum atomic E-state index is 0.511. The normalized spacial score (nSPS) is 13.4. The Hall–Kier alpha value is -0.350. The van der Waals surface area contributed by atoms with Crippen LogP contribution in [0.3, 0.4) is 0 Å². The topological polar surface area (TPSA) is 29.9 Å². The third-order valence-corrected chi connectivity index (χ3v) is 4.10. The number of hydrogen-bond donors (Lipinski definition) is 1. The molecule has 0 spiro atoms. The molecule has 4 heteroatoms. The Morgan fingerprint density at radius 3 is 2.41 bits per heavy atom. The second-order valence-electron chi connectivity index (χ2n) is 4.80. The van der Waals surface area contributed by atoms with E-state index in [0.717, 1.165) is 25.1 Å². The molecule has 0 aliphatic heterocycles. The SMILES string of the molecule is CCNC(Cc1c(Br)c(CC)nn1C)C(C)C. The first-order chi connectivity index (χ1) is 8.01. The van der Waals surface area contributed by atoms with Crippen molar-refractivity contribution in [3.05, 3.63) is 15.9 Å². The van der Waals surface area contributed by atoms with Crippen LogP contribution < -0.4 is 5.32 Å². The zero-order valence-electron chi connectivity index (χ0n) is 11.5. The summed E-state index contributed by atoms with van der Waals surface area (Å²) in [6, 6.07) is 0.511. The lowest BCUT2D eigenvalue weighted by Gasteiger charge is -2.22. The van der Waals surface area contributed by atoms with Gasteiger partial charge >= 0.3 is 0 Å². The summed E-state index contributed by atoms with van der Waals surface area (Å²) < 4.78 is 3.20. The monoisotopic (exact) mass is 301 g/mol. The molecule has 0 bridgehead atoms. The van der Waals surface area contributed by atoms with Gasteiger partial charge in [-0.2, -0.15) is 5.10 Å². The van der Waals surface area contributed by atoms with E-state index in [1.165, 1.54) is 10.2 Å². The maximum Gasteiger partial charge on any atom is 0.0766 e. The van der Waals surface area contributed by atoms with Crippen molar-refractivity contribution in [3.63, 3.8) is 0 Å². The molecule has 1 N–H and O–H groups in total. The van der Waals surface area contributed by atoms with Crippen LogP contribution in [-0.2, 0) is 19.9 Å². The third-order valence-electron chi connectivity index (χ3n) is 3.19. The molecule has 0 saturated heterocycles. The van der Waals surface area contributed by atoms with Crippen LogP contribution in [0.15, 0.2) is 4.47 Å². The average molecular weight is 302 g/mol. The molecule has 3 nitrogen and oxygen atoms in total. The van der Waals surface area contributed by atoms with Crippen molar-refractivity contribution >= 4 is 15.9 Å². The zero-order valence-corrected chi connectivity index (χ0v) is 13.1. The number of hydrogen-bond acceptors (Lipinski definition) is 2. The third kappa shape index (κ3) is 3.55. The van der Waals surface area contributed by atoms with Gasteiger partial charge in [-0.1, -0.05) is 27.7 Å². The molecule has 0 saturated carbocycles. The van der Waals surface area contributed by atoms with Crippen molar-refractivity contribution in [2.24, 2.45) is 13.0 Å². The summed E-state index contributed by atoms with van der Waals surface area (Å²) in [5.74, 6) is 0.627. The van der Waals surface area contributed by atoms with Gasteiger partial charge in [0.25, 0.3) is 0 Å². The van der Waals surface area contributed by atoms with E-state index in [0.29, 0.717) is 12.0 Å². The van der Waals surface area contributed by atoms with Gasteiger partial charge in [-0.3, -0.25) is 4.68 Å². The molecule has 1 atom stereocenters. The number of aromatic nitrogens is 2. The molecule has 0 aliphatic carbocycles. The predicted octanol–water partition coefficient (Wildman–Crippen LogP) is 2.92. The molecule has 1 heterocycles. The average Bonchev–Trinajstić information content (AvgIpc) is 2.55. The molecular weight excluding hydrogens is 278 g/mol. The van der Waals surface area contributed by atoms with E-state index in [1.807, 2.05) is 11.7 Å². The number of likely N-dealkylation sites (N-methyl/N-ethyl adjacent to an activating group) is 1. The highest BCUT2D eigenvalue weighted by Gasteiger charge is 2.19. The summed E-state index contributed by atoms with van der Waals surface area (Å²) in [6.07, 6.45) is 2.00. The smallest absolute Gasteiger partial charge is 0.0766 e. The van der Waals surface area contributed by atoms with E-state index in [1.54, 1.807) is 0 Å². The molecule has 1 aromatic rings. The Balaban J connectivity index is 2.88. The summed E-state index contributed by atoms with van der Waals surface area (Å²) in [6.45, 7) is 9.84. The maximum absolute atomic E-state index is 4.54. The predicted molar refractivity (Wildman–Crippen MR) is 76.3 cm³/mol. The fourth-order valence-electron chi connectivity index (χ4n) is 2.06. The largest absolute Gasteiger partial charge is 0.314 e. The molecule has 0 amide bonds. The molecule has 0 fully saturated rings. The number of nitrogens with zero attached hydrogens (tertiary/aromatic N) is 2. The van der Waals surface area contributed by atoms with E-state index in [-0.39, 0.29) is 0 Å². The van der Waals surface area contributed by atoms with Crippen molar-refractivity contribution in [2.45, 2.75) is 46.6 Å². The fourth-order valence-corrected chi connectivity index (χ4v) is 2.83. The highest BCUT2D eigenvalue weighted by Crippen LogP contribution is 2.24. The van der Waals surface area contributed by atoms with E-state index in [9.17, 15) is 0 Å².